The summed E-state index contributed by atoms with van der Waals surface area (Å²) in [7, 11) is 1.82. The third kappa shape index (κ3) is 2.87. The Morgan fingerprint density at radius 1 is 1.48 bits per heavy atom. The Kier molecular flexibility index (Phi) is 3.57. The molecule has 2 aromatic rings. The summed E-state index contributed by atoms with van der Waals surface area (Å²) in [6, 6.07) is 5.12. The number of carbonyl (C=O) groups is 1. The van der Waals surface area contributed by atoms with E-state index < -0.39 is 5.97 Å². The molecule has 0 unspecified atom stereocenters. The van der Waals surface area contributed by atoms with Crippen LogP contribution >= 0.6 is 0 Å². The van der Waals surface area contributed by atoms with E-state index in [1.807, 2.05) is 19.3 Å². The van der Waals surface area contributed by atoms with Crippen molar-refractivity contribution in [3.63, 3.8) is 0 Å². The van der Waals surface area contributed by atoms with Gasteiger partial charge in [0.05, 0.1) is 25.3 Å². The van der Waals surface area contributed by atoms with Crippen molar-refractivity contribution in [2.45, 2.75) is 13.2 Å². The van der Waals surface area contributed by atoms with Crippen LogP contribution in [0.3, 0.4) is 0 Å². The van der Waals surface area contributed by atoms with Crippen molar-refractivity contribution >= 4 is 11.7 Å². The highest BCUT2D eigenvalue weighted by atomic mass is 16.5. The van der Waals surface area contributed by atoms with Crippen LogP contribution in [0.2, 0.25) is 0 Å². The summed E-state index contributed by atoms with van der Waals surface area (Å²) >= 11 is 0. The molecule has 0 atom stereocenters. The molecule has 2 heterocycles. The molecular weight excluding hydrogens is 272 g/mol. The Hall–Kier alpha value is -2.41. The van der Waals surface area contributed by atoms with Crippen LogP contribution in [-0.4, -0.2) is 39.2 Å². The number of aromatic nitrogens is 3. The van der Waals surface area contributed by atoms with Gasteiger partial charge in [-0.3, -0.25) is 4.68 Å². The van der Waals surface area contributed by atoms with E-state index in [0.717, 1.165) is 16.9 Å². The maximum Gasteiger partial charge on any atom is 0.335 e. The molecular formula is C14H16N4O3. The van der Waals surface area contributed by atoms with Crippen molar-refractivity contribution in [3.05, 3.63) is 41.2 Å². The molecule has 7 nitrogen and oxygen atoms in total. The van der Waals surface area contributed by atoms with E-state index in [0.29, 0.717) is 26.3 Å². The zero-order chi connectivity index (χ0) is 14.8. The number of ether oxygens (including phenoxy) is 1. The topological polar surface area (TPSA) is 80.5 Å². The fourth-order valence-electron chi connectivity index (χ4n) is 2.42. The number of carboxylic acids is 1. The molecule has 1 aromatic carbocycles. The Bertz CT molecular complexity index is 668. The van der Waals surface area contributed by atoms with Crippen molar-refractivity contribution in [2.75, 3.05) is 18.1 Å². The van der Waals surface area contributed by atoms with E-state index in [4.69, 9.17) is 9.84 Å². The molecule has 1 aliphatic rings. The van der Waals surface area contributed by atoms with Gasteiger partial charge in [-0.05, 0) is 12.1 Å². The first kappa shape index (κ1) is 13.6. The van der Waals surface area contributed by atoms with Crippen LogP contribution < -0.4 is 4.90 Å². The molecule has 21 heavy (non-hydrogen) atoms. The van der Waals surface area contributed by atoms with Gasteiger partial charge in [-0.15, -0.1) is 5.10 Å². The van der Waals surface area contributed by atoms with Crippen LogP contribution in [0.1, 0.15) is 21.6 Å². The van der Waals surface area contributed by atoms with Crippen LogP contribution in [0, 0.1) is 0 Å². The predicted octanol–water partition coefficient (Wildman–Crippen LogP) is 1.05. The van der Waals surface area contributed by atoms with Crippen molar-refractivity contribution < 1.29 is 14.6 Å². The Balaban J connectivity index is 1.94. The van der Waals surface area contributed by atoms with Crippen molar-refractivity contribution in [1.29, 1.82) is 0 Å². The number of fused-ring (bicyclic) bond motifs is 1. The largest absolute Gasteiger partial charge is 0.478 e. The number of aromatic carboxylic acids is 1. The maximum absolute atomic E-state index is 11.2. The molecule has 0 aliphatic carbocycles. The Morgan fingerprint density at radius 2 is 2.33 bits per heavy atom. The standard InChI is InChI=1S/C14H16N4O3/c1-17-7-12(15-16-17)8-18-4-5-21-9-11-3-2-10(14(19)20)6-13(11)18/h2-3,6-7H,4-5,8-9H2,1H3,(H,19,20). The second-order valence-electron chi connectivity index (χ2n) is 5.01. The van der Waals surface area contributed by atoms with Gasteiger partial charge >= 0.3 is 5.97 Å². The van der Waals surface area contributed by atoms with Gasteiger partial charge in [0, 0.05) is 31.0 Å². The second kappa shape index (κ2) is 5.53. The molecule has 1 aromatic heterocycles. The molecule has 0 fully saturated rings. The summed E-state index contributed by atoms with van der Waals surface area (Å²) in [6.45, 7) is 2.35. The van der Waals surface area contributed by atoms with Crippen LogP contribution in [0.4, 0.5) is 5.69 Å². The van der Waals surface area contributed by atoms with E-state index in [-0.39, 0.29) is 5.56 Å². The molecule has 1 aliphatic heterocycles. The van der Waals surface area contributed by atoms with Gasteiger partial charge in [-0.1, -0.05) is 11.3 Å². The third-order valence-electron chi connectivity index (χ3n) is 3.44. The normalized spacial score (nSPS) is 14.6. The lowest BCUT2D eigenvalue weighted by atomic mass is 10.1. The number of carboxylic acid groups (broad SMARTS) is 1. The highest BCUT2D eigenvalue weighted by Crippen LogP contribution is 2.26. The minimum Gasteiger partial charge on any atom is -0.478 e. The first-order chi connectivity index (χ1) is 10.1. The average molecular weight is 288 g/mol. The zero-order valence-corrected chi connectivity index (χ0v) is 11.7. The molecule has 0 spiro atoms. The Morgan fingerprint density at radius 3 is 3.05 bits per heavy atom. The number of hydrogen-bond acceptors (Lipinski definition) is 5. The molecule has 0 saturated carbocycles. The first-order valence-electron chi connectivity index (χ1n) is 6.67. The summed E-state index contributed by atoms with van der Waals surface area (Å²) < 4.78 is 7.22. The van der Waals surface area contributed by atoms with Gasteiger partial charge in [-0.2, -0.15) is 0 Å². The third-order valence-corrected chi connectivity index (χ3v) is 3.44. The van der Waals surface area contributed by atoms with E-state index in [9.17, 15) is 4.79 Å². The van der Waals surface area contributed by atoms with Crippen molar-refractivity contribution in [2.24, 2.45) is 7.05 Å². The summed E-state index contributed by atoms with van der Waals surface area (Å²) in [4.78, 5) is 13.2. The SMILES string of the molecule is Cn1cc(CN2CCOCc3ccc(C(=O)O)cc32)nn1. The minimum absolute atomic E-state index is 0.278. The lowest BCUT2D eigenvalue weighted by molar-refractivity contribution is 0.0697. The number of anilines is 1. The van der Waals surface area contributed by atoms with E-state index in [2.05, 4.69) is 15.2 Å². The number of benzene rings is 1. The zero-order valence-electron chi connectivity index (χ0n) is 11.7. The molecule has 0 saturated heterocycles. The van der Waals surface area contributed by atoms with Gasteiger partial charge in [0.15, 0.2) is 0 Å². The fourth-order valence-corrected chi connectivity index (χ4v) is 2.42. The Labute approximate surface area is 121 Å². The van der Waals surface area contributed by atoms with Gasteiger partial charge in [0.25, 0.3) is 0 Å². The van der Waals surface area contributed by atoms with Gasteiger partial charge in [-0.25, -0.2) is 4.79 Å². The molecule has 0 amide bonds. The average Bonchev–Trinajstić information content (AvgIpc) is 2.76. The fraction of sp³-hybridized carbons (Fsp3) is 0.357. The molecule has 0 bridgehead atoms. The number of aryl methyl sites for hydroxylation is 1. The quantitative estimate of drug-likeness (QED) is 0.909. The van der Waals surface area contributed by atoms with Crippen molar-refractivity contribution in [1.82, 2.24) is 15.0 Å². The molecule has 7 heteroatoms. The molecule has 3 rings (SSSR count). The lowest BCUT2D eigenvalue weighted by Gasteiger charge is -2.23. The van der Waals surface area contributed by atoms with Crippen LogP contribution in [0.15, 0.2) is 24.4 Å². The van der Waals surface area contributed by atoms with Gasteiger partial charge < -0.3 is 14.7 Å². The number of nitrogens with zero attached hydrogens (tertiary/aromatic N) is 4. The maximum atomic E-state index is 11.2. The lowest BCUT2D eigenvalue weighted by Crippen LogP contribution is -2.26. The van der Waals surface area contributed by atoms with Gasteiger partial charge in [0.1, 0.15) is 5.69 Å². The smallest absolute Gasteiger partial charge is 0.335 e. The van der Waals surface area contributed by atoms with E-state index in [1.165, 1.54) is 0 Å². The van der Waals surface area contributed by atoms with Crippen LogP contribution in [0.5, 0.6) is 0 Å². The predicted molar refractivity (Wildman–Crippen MR) is 75.1 cm³/mol. The highest BCUT2D eigenvalue weighted by Gasteiger charge is 2.18. The first-order valence-corrected chi connectivity index (χ1v) is 6.67. The second-order valence-corrected chi connectivity index (χ2v) is 5.01. The van der Waals surface area contributed by atoms with Crippen LogP contribution in [-0.2, 0) is 24.9 Å². The molecule has 0 radical (unpaired) electrons. The molecule has 1 N–H and O–H groups in total. The summed E-state index contributed by atoms with van der Waals surface area (Å²) in [5.41, 5.74) is 2.99. The highest BCUT2D eigenvalue weighted by molar-refractivity contribution is 5.89. The summed E-state index contributed by atoms with van der Waals surface area (Å²) in [5, 5.41) is 17.2. The number of rotatable bonds is 3. The van der Waals surface area contributed by atoms with E-state index in [1.54, 1.807) is 16.8 Å². The minimum atomic E-state index is -0.928. The summed E-state index contributed by atoms with van der Waals surface area (Å²) in [6.07, 6.45) is 1.85. The van der Waals surface area contributed by atoms with Crippen molar-refractivity contribution in [3.8, 4) is 0 Å². The molecule has 110 valence electrons. The van der Waals surface area contributed by atoms with E-state index >= 15 is 0 Å². The monoisotopic (exact) mass is 288 g/mol. The number of hydrogen-bond donors (Lipinski definition) is 1. The summed E-state index contributed by atoms with van der Waals surface area (Å²) in [5.74, 6) is -0.928. The van der Waals surface area contributed by atoms with Gasteiger partial charge in [0.2, 0.25) is 0 Å². The van der Waals surface area contributed by atoms with Crippen LogP contribution in [0.25, 0.3) is 0 Å².